The van der Waals surface area contributed by atoms with Gasteiger partial charge in [0, 0.05) is 10.6 Å². The van der Waals surface area contributed by atoms with Crippen molar-refractivity contribution in [3.05, 3.63) is 67.0 Å². The zero-order chi connectivity index (χ0) is 17.3. The molecule has 0 radical (unpaired) electrons. The first-order chi connectivity index (χ1) is 11.5. The largest absolute Gasteiger partial charge is 0.455 e. The van der Waals surface area contributed by atoms with Crippen molar-refractivity contribution in [3.63, 3.8) is 0 Å². The molecule has 2 aromatic heterocycles. The smallest absolute Gasteiger partial charge is 0.296 e. The third-order valence-corrected chi connectivity index (χ3v) is 3.96. The molecule has 2 heterocycles. The van der Waals surface area contributed by atoms with Crippen molar-refractivity contribution in [2.24, 2.45) is 5.10 Å². The van der Waals surface area contributed by atoms with E-state index in [9.17, 15) is 4.79 Å². The molecule has 0 amide bonds. The Labute approximate surface area is 151 Å². The van der Waals surface area contributed by atoms with Gasteiger partial charge in [0.25, 0.3) is 5.56 Å². The van der Waals surface area contributed by atoms with Crippen molar-refractivity contribution in [1.29, 1.82) is 0 Å². The molecule has 0 aliphatic heterocycles. The summed E-state index contributed by atoms with van der Waals surface area (Å²) in [7, 11) is 0. The quantitative estimate of drug-likeness (QED) is 0.548. The van der Waals surface area contributed by atoms with Crippen molar-refractivity contribution in [2.45, 2.75) is 6.92 Å². The fourth-order valence-electron chi connectivity index (χ4n) is 1.95. The lowest BCUT2D eigenvalue weighted by Gasteiger charge is -2.01. The zero-order valence-electron chi connectivity index (χ0n) is 12.3. The first-order valence-corrected chi connectivity index (χ1v) is 7.90. The summed E-state index contributed by atoms with van der Waals surface area (Å²) in [6.07, 6.45) is 1.38. The second-order valence-corrected chi connectivity index (χ2v) is 6.03. The number of rotatable bonds is 3. The molecular weight excluding hydrogens is 371 g/mol. The minimum absolute atomic E-state index is 0.0894. The summed E-state index contributed by atoms with van der Waals surface area (Å²) in [5.74, 6) is 0.962. The summed E-state index contributed by atoms with van der Waals surface area (Å²) in [5, 5.41) is 11.4. The van der Waals surface area contributed by atoms with E-state index in [-0.39, 0.29) is 10.5 Å². The number of hydrogen-bond acceptors (Lipinski definition) is 5. The Balaban J connectivity index is 1.95. The van der Waals surface area contributed by atoms with Gasteiger partial charge in [0.15, 0.2) is 0 Å². The Morgan fingerprint density at radius 1 is 1.33 bits per heavy atom. The Bertz CT molecular complexity index is 1050. The molecule has 122 valence electrons. The number of H-pyrrole nitrogens is 1. The fraction of sp³-hybridized carbons (Fsp3) is 0.0667. The van der Waals surface area contributed by atoms with E-state index in [0.29, 0.717) is 27.1 Å². The van der Waals surface area contributed by atoms with Crippen LogP contribution in [0, 0.1) is 11.7 Å². The van der Waals surface area contributed by atoms with Crippen LogP contribution in [0.15, 0.2) is 44.6 Å². The molecule has 0 saturated heterocycles. The first-order valence-electron chi connectivity index (χ1n) is 6.73. The van der Waals surface area contributed by atoms with Crippen LogP contribution in [0.5, 0.6) is 0 Å². The van der Waals surface area contributed by atoms with E-state index in [1.165, 1.54) is 6.21 Å². The monoisotopic (exact) mass is 380 g/mol. The molecule has 0 saturated carbocycles. The Hall–Kier alpha value is -2.22. The number of furan rings is 1. The summed E-state index contributed by atoms with van der Waals surface area (Å²) in [4.78, 5) is 12.0. The van der Waals surface area contributed by atoms with Gasteiger partial charge >= 0.3 is 0 Å². The number of aromatic amines is 1. The molecule has 1 aromatic carbocycles. The van der Waals surface area contributed by atoms with Gasteiger partial charge in [0.1, 0.15) is 17.2 Å². The average Bonchev–Trinajstić information content (AvgIpc) is 3.02. The highest BCUT2D eigenvalue weighted by atomic mass is 35.5. The van der Waals surface area contributed by atoms with E-state index >= 15 is 0 Å². The first kappa shape index (κ1) is 16.6. The molecule has 0 aliphatic carbocycles. The van der Waals surface area contributed by atoms with E-state index in [1.807, 2.05) is 0 Å². The van der Waals surface area contributed by atoms with Gasteiger partial charge in [0.05, 0.1) is 11.2 Å². The lowest BCUT2D eigenvalue weighted by Crippen LogP contribution is -2.22. The third-order valence-electron chi connectivity index (χ3n) is 3.13. The lowest BCUT2D eigenvalue weighted by atomic mass is 10.2. The summed E-state index contributed by atoms with van der Waals surface area (Å²) >= 11 is 17.1. The van der Waals surface area contributed by atoms with Crippen molar-refractivity contribution >= 4 is 41.6 Å². The Morgan fingerprint density at radius 3 is 2.92 bits per heavy atom. The van der Waals surface area contributed by atoms with Crippen LogP contribution in [0.4, 0.5) is 0 Å². The number of nitrogens with one attached hydrogen (secondary N) is 1. The molecule has 9 heteroatoms. The molecule has 24 heavy (non-hydrogen) atoms. The van der Waals surface area contributed by atoms with Crippen LogP contribution in [-0.4, -0.2) is 21.1 Å². The number of benzene rings is 1. The van der Waals surface area contributed by atoms with Gasteiger partial charge in [0.2, 0.25) is 4.77 Å². The highest BCUT2D eigenvalue weighted by Gasteiger charge is 2.09. The van der Waals surface area contributed by atoms with Crippen LogP contribution < -0.4 is 5.56 Å². The normalized spacial score (nSPS) is 11.3. The standard InChI is InChI=1S/C15H10Cl2N4O2S/c1-8-14(22)21(15(24)20-19-8)18-7-10-3-5-13(23-10)11-6-9(16)2-4-12(11)17/h2-7H,1H3,(H,20,24)/b18-7-. The lowest BCUT2D eigenvalue weighted by molar-refractivity contribution is 0.573. The van der Waals surface area contributed by atoms with Gasteiger partial charge in [-0.3, -0.25) is 9.89 Å². The van der Waals surface area contributed by atoms with Crippen LogP contribution in [0.1, 0.15) is 11.5 Å². The topological polar surface area (TPSA) is 76.2 Å². The maximum absolute atomic E-state index is 12.0. The number of halogens is 2. The maximum Gasteiger partial charge on any atom is 0.296 e. The Morgan fingerprint density at radius 2 is 2.12 bits per heavy atom. The van der Waals surface area contributed by atoms with E-state index in [1.54, 1.807) is 37.3 Å². The van der Waals surface area contributed by atoms with Crippen LogP contribution in [0.2, 0.25) is 10.0 Å². The molecular formula is C15H10Cl2N4O2S. The molecule has 0 fully saturated rings. The van der Waals surface area contributed by atoms with Gasteiger partial charge in [-0.05, 0) is 49.5 Å². The van der Waals surface area contributed by atoms with E-state index in [0.717, 1.165) is 4.68 Å². The average molecular weight is 381 g/mol. The molecule has 3 rings (SSSR count). The van der Waals surface area contributed by atoms with E-state index < -0.39 is 5.56 Å². The molecule has 3 aromatic rings. The predicted octanol–water partition coefficient (Wildman–Crippen LogP) is 4.06. The van der Waals surface area contributed by atoms with Crippen LogP contribution in [0.3, 0.4) is 0 Å². The van der Waals surface area contributed by atoms with Gasteiger partial charge in [-0.15, -0.1) is 0 Å². The molecule has 0 aliphatic rings. The van der Waals surface area contributed by atoms with Crippen LogP contribution in [0.25, 0.3) is 11.3 Å². The fourth-order valence-corrected chi connectivity index (χ4v) is 2.50. The zero-order valence-corrected chi connectivity index (χ0v) is 14.6. The van der Waals surface area contributed by atoms with E-state index in [4.69, 9.17) is 39.8 Å². The molecule has 0 atom stereocenters. The van der Waals surface area contributed by atoms with Crippen molar-refractivity contribution in [3.8, 4) is 11.3 Å². The minimum atomic E-state index is -0.403. The van der Waals surface area contributed by atoms with E-state index in [2.05, 4.69) is 15.3 Å². The van der Waals surface area contributed by atoms with Crippen LogP contribution >= 0.6 is 35.4 Å². The molecule has 0 bridgehead atoms. The highest BCUT2D eigenvalue weighted by molar-refractivity contribution is 7.71. The van der Waals surface area contributed by atoms with Crippen LogP contribution in [-0.2, 0) is 0 Å². The summed E-state index contributed by atoms with van der Waals surface area (Å²) in [6, 6.07) is 8.52. The van der Waals surface area contributed by atoms with Gasteiger partial charge < -0.3 is 4.42 Å². The van der Waals surface area contributed by atoms with Gasteiger partial charge in [-0.1, -0.05) is 23.2 Å². The molecule has 6 nitrogen and oxygen atoms in total. The van der Waals surface area contributed by atoms with Gasteiger partial charge in [-0.2, -0.15) is 14.9 Å². The number of hydrogen-bond donors (Lipinski definition) is 1. The minimum Gasteiger partial charge on any atom is -0.455 e. The van der Waals surface area contributed by atoms with Crippen molar-refractivity contribution in [1.82, 2.24) is 14.9 Å². The van der Waals surface area contributed by atoms with Crippen molar-refractivity contribution < 1.29 is 4.42 Å². The second-order valence-electron chi connectivity index (χ2n) is 4.80. The SMILES string of the molecule is Cc1n[nH]c(=S)n(/N=C\c2ccc(-c3cc(Cl)ccc3Cl)o2)c1=O. The van der Waals surface area contributed by atoms with Crippen molar-refractivity contribution in [2.75, 3.05) is 0 Å². The molecule has 1 N–H and O–H groups in total. The second kappa shape index (κ2) is 6.72. The number of nitrogens with zero attached hydrogens (tertiary/aromatic N) is 3. The summed E-state index contributed by atoms with van der Waals surface area (Å²) < 4.78 is 6.79. The maximum atomic E-state index is 12.0. The number of aryl methyl sites for hydroxylation is 1. The third kappa shape index (κ3) is 3.33. The molecule has 0 spiro atoms. The summed E-state index contributed by atoms with van der Waals surface area (Å²) in [5.41, 5.74) is 0.518. The highest BCUT2D eigenvalue weighted by Crippen LogP contribution is 2.31. The number of aromatic nitrogens is 3. The Kier molecular flexibility index (Phi) is 4.66. The predicted molar refractivity (Wildman–Crippen MR) is 95.6 cm³/mol. The van der Waals surface area contributed by atoms with Gasteiger partial charge in [-0.25, -0.2) is 0 Å². The summed E-state index contributed by atoms with van der Waals surface area (Å²) in [6.45, 7) is 1.56. The molecule has 0 unspecified atom stereocenters.